The van der Waals surface area contributed by atoms with Gasteiger partial charge in [0.1, 0.15) is 0 Å². The lowest BCUT2D eigenvalue weighted by molar-refractivity contribution is 0.614. The summed E-state index contributed by atoms with van der Waals surface area (Å²) in [5.74, 6) is 0.750. The second-order valence-electron chi connectivity index (χ2n) is 3.53. The van der Waals surface area contributed by atoms with Crippen LogP contribution in [0.3, 0.4) is 0 Å². The van der Waals surface area contributed by atoms with Crippen molar-refractivity contribution in [3.05, 3.63) is 30.3 Å². The highest BCUT2D eigenvalue weighted by Crippen LogP contribution is 2.11. The van der Waals surface area contributed by atoms with Crippen molar-refractivity contribution in [1.29, 1.82) is 0 Å². The molecule has 0 aliphatic carbocycles. The van der Waals surface area contributed by atoms with Crippen molar-refractivity contribution in [3.63, 3.8) is 0 Å². The van der Waals surface area contributed by atoms with Crippen LogP contribution >= 0.6 is 0 Å². The fourth-order valence-electron chi connectivity index (χ4n) is 1.62. The summed E-state index contributed by atoms with van der Waals surface area (Å²) in [4.78, 5) is 0. The highest BCUT2D eigenvalue weighted by atomic mass is 14.9. The summed E-state index contributed by atoms with van der Waals surface area (Å²) in [6, 6.07) is 10.4. The SMILES string of the molecule is c1ccc(NCC2CC[N]C2)cc1. The highest BCUT2D eigenvalue weighted by molar-refractivity contribution is 5.42. The van der Waals surface area contributed by atoms with E-state index in [0.29, 0.717) is 0 Å². The normalized spacial score (nSPS) is 21.7. The van der Waals surface area contributed by atoms with E-state index in [4.69, 9.17) is 0 Å². The van der Waals surface area contributed by atoms with Crippen molar-refractivity contribution >= 4 is 5.69 Å². The third kappa shape index (κ3) is 2.46. The molecule has 1 aromatic rings. The minimum Gasteiger partial charge on any atom is -0.385 e. The molecule has 1 saturated heterocycles. The van der Waals surface area contributed by atoms with Crippen LogP contribution in [0.25, 0.3) is 0 Å². The van der Waals surface area contributed by atoms with Crippen molar-refractivity contribution in [3.8, 4) is 0 Å². The Morgan fingerprint density at radius 2 is 2.15 bits per heavy atom. The number of hydrogen-bond acceptors (Lipinski definition) is 1. The number of anilines is 1. The highest BCUT2D eigenvalue weighted by Gasteiger charge is 2.14. The predicted molar refractivity (Wildman–Crippen MR) is 54.9 cm³/mol. The standard InChI is InChI=1S/C11H15N2/c1-2-4-11(5-3-1)13-9-10-6-7-12-8-10/h1-5,10,13H,6-9H2. The molecule has 1 radical (unpaired) electrons. The molecule has 1 aliphatic rings. The van der Waals surface area contributed by atoms with Gasteiger partial charge in [0.15, 0.2) is 0 Å². The summed E-state index contributed by atoms with van der Waals surface area (Å²) in [6.45, 7) is 3.16. The lowest BCUT2D eigenvalue weighted by atomic mass is 10.1. The maximum absolute atomic E-state index is 4.34. The fourth-order valence-corrected chi connectivity index (χ4v) is 1.62. The molecule has 0 amide bonds. The van der Waals surface area contributed by atoms with Crippen LogP contribution in [0.5, 0.6) is 0 Å². The zero-order chi connectivity index (χ0) is 8.93. The first kappa shape index (κ1) is 8.57. The lowest BCUT2D eigenvalue weighted by Gasteiger charge is -2.10. The Balaban J connectivity index is 1.79. The molecule has 0 spiro atoms. The van der Waals surface area contributed by atoms with E-state index < -0.39 is 0 Å². The van der Waals surface area contributed by atoms with Gasteiger partial charge < -0.3 is 5.32 Å². The summed E-state index contributed by atoms with van der Waals surface area (Å²) in [5, 5.41) is 7.76. The van der Waals surface area contributed by atoms with Crippen molar-refractivity contribution < 1.29 is 0 Å². The van der Waals surface area contributed by atoms with Gasteiger partial charge in [0.25, 0.3) is 0 Å². The summed E-state index contributed by atoms with van der Waals surface area (Å²) in [5.41, 5.74) is 1.22. The third-order valence-electron chi connectivity index (χ3n) is 2.45. The minimum absolute atomic E-state index is 0.750. The van der Waals surface area contributed by atoms with Gasteiger partial charge in [-0.25, -0.2) is 5.32 Å². The summed E-state index contributed by atoms with van der Waals surface area (Å²) < 4.78 is 0. The summed E-state index contributed by atoms with van der Waals surface area (Å²) >= 11 is 0. The molecule has 0 aromatic heterocycles. The molecule has 1 N–H and O–H groups in total. The Bertz CT molecular complexity index is 240. The topological polar surface area (TPSA) is 26.1 Å². The van der Waals surface area contributed by atoms with E-state index >= 15 is 0 Å². The molecule has 2 heteroatoms. The Kier molecular flexibility index (Phi) is 2.82. The first-order valence-corrected chi connectivity index (χ1v) is 4.87. The van der Waals surface area contributed by atoms with Crippen molar-refractivity contribution in [2.75, 3.05) is 25.0 Å². The second kappa shape index (κ2) is 4.28. The van der Waals surface area contributed by atoms with E-state index in [1.165, 1.54) is 12.1 Å². The fraction of sp³-hybridized carbons (Fsp3) is 0.455. The molecule has 1 aliphatic heterocycles. The van der Waals surface area contributed by atoms with Gasteiger partial charge in [0.2, 0.25) is 0 Å². The molecular formula is C11H15N2. The molecule has 69 valence electrons. The number of hydrogen-bond donors (Lipinski definition) is 1. The van der Waals surface area contributed by atoms with Gasteiger partial charge in [0, 0.05) is 25.3 Å². The van der Waals surface area contributed by atoms with Gasteiger partial charge >= 0.3 is 0 Å². The lowest BCUT2D eigenvalue weighted by Crippen LogP contribution is -2.15. The van der Waals surface area contributed by atoms with Crippen molar-refractivity contribution in [2.24, 2.45) is 5.92 Å². The number of rotatable bonds is 3. The smallest absolute Gasteiger partial charge is 0.0340 e. The van der Waals surface area contributed by atoms with Gasteiger partial charge in [-0.2, -0.15) is 0 Å². The van der Waals surface area contributed by atoms with Crippen LogP contribution in [0.4, 0.5) is 5.69 Å². The first-order valence-electron chi connectivity index (χ1n) is 4.87. The zero-order valence-corrected chi connectivity index (χ0v) is 7.74. The van der Waals surface area contributed by atoms with Crippen molar-refractivity contribution in [1.82, 2.24) is 5.32 Å². The van der Waals surface area contributed by atoms with Gasteiger partial charge in [-0.15, -0.1) is 0 Å². The Labute approximate surface area is 79.4 Å². The van der Waals surface area contributed by atoms with E-state index in [9.17, 15) is 0 Å². The summed E-state index contributed by atoms with van der Waals surface area (Å²) in [6.07, 6.45) is 1.25. The third-order valence-corrected chi connectivity index (χ3v) is 2.45. The minimum atomic E-state index is 0.750. The Morgan fingerprint density at radius 1 is 1.31 bits per heavy atom. The van der Waals surface area contributed by atoms with Gasteiger partial charge in [0.05, 0.1) is 0 Å². The maximum Gasteiger partial charge on any atom is 0.0340 e. The van der Waals surface area contributed by atoms with Crippen LogP contribution < -0.4 is 10.6 Å². The average molecular weight is 175 g/mol. The quantitative estimate of drug-likeness (QED) is 0.743. The molecule has 1 fully saturated rings. The van der Waals surface area contributed by atoms with Crippen LogP contribution in [-0.2, 0) is 0 Å². The first-order chi connectivity index (χ1) is 6.45. The van der Waals surface area contributed by atoms with Gasteiger partial charge in [-0.1, -0.05) is 18.2 Å². The Morgan fingerprint density at radius 3 is 2.85 bits per heavy atom. The molecule has 0 saturated carbocycles. The Hall–Kier alpha value is -1.02. The number of benzene rings is 1. The molecular weight excluding hydrogens is 160 g/mol. The number of nitrogens with zero attached hydrogens (tertiary/aromatic N) is 1. The number of nitrogens with one attached hydrogen (secondary N) is 1. The monoisotopic (exact) mass is 175 g/mol. The van der Waals surface area contributed by atoms with Crippen LogP contribution in [-0.4, -0.2) is 19.6 Å². The molecule has 2 rings (SSSR count). The van der Waals surface area contributed by atoms with E-state index in [0.717, 1.165) is 25.6 Å². The molecule has 0 bridgehead atoms. The molecule has 1 heterocycles. The van der Waals surface area contributed by atoms with Gasteiger partial charge in [-0.3, -0.25) is 0 Å². The van der Waals surface area contributed by atoms with E-state index in [1.54, 1.807) is 0 Å². The predicted octanol–water partition coefficient (Wildman–Crippen LogP) is 1.72. The zero-order valence-electron chi connectivity index (χ0n) is 7.74. The van der Waals surface area contributed by atoms with E-state index in [2.05, 4.69) is 34.9 Å². The van der Waals surface area contributed by atoms with E-state index in [-0.39, 0.29) is 0 Å². The molecule has 1 atom stereocenters. The van der Waals surface area contributed by atoms with Crippen LogP contribution in [0.1, 0.15) is 6.42 Å². The second-order valence-corrected chi connectivity index (χ2v) is 3.53. The van der Waals surface area contributed by atoms with Gasteiger partial charge in [-0.05, 0) is 24.5 Å². The molecule has 13 heavy (non-hydrogen) atoms. The summed E-state index contributed by atoms with van der Waals surface area (Å²) in [7, 11) is 0. The van der Waals surface area contributed by atoms with Crippen LogP contribution in [0.2, 0.25) is 0 Å². The number of para-hydroxylation sites is 1. The van der Waals surface area contributed by atoms with E-state index in [1.807, 2.05) is 6.07 Å². The van der Waals surface area contributed by atoms with Crippen molar-refractivity contribution in [2.45, 2.75) is 6.42 Å². The molecule has 1 unspecified atom stereocenters. The average Bonchev–Trinajstić information content (AvgIpc) is 2.69. The van der Waals surface area contributed by atoms with Crippen LogP contribution in [0, 0.1) is 5.92 Å². The maximum atomic E-state index is 4.34. The molecule has 1 aromatic carbocycles. The molecule has 2 nitrogen and oxygen atoms in total. The van der Waals surface area contributed by atoms with Crippen LogP contribution in [0.15, 0.2) is 30.3 Å². The largest absolute Gasteiger partial charge is 0.385 e.